The summed E-state index contributed by atoms with van der Waals surface area (Å²) in [4.78, 5) is 0. The quantitative estimate of drug-likeness (QED) is 0.403. The van der Waals surface area contributed by atoms with Gasteiger partial charge in [-0.3, -0.25) is 0 Å². The van der Waals surface area contributed by atoms with Gasteiger partial charge in [-0.2, -0.15) is 0 Å². The lowest BCUT2D eigenvalue weighted by atomic mass is 10.3. The number of hydrogen-bond donors (Lipinski definition) is 0. The third-order valence-corrected chi connectivity index (χ3v) is 5.33. The van der Waals surface area contributed by atoms with E-state index in [0.717, 1.165) is 16.5 Å². The molecule has 1 aliphatic heterocycles. The fourth-order valence-electron chi connectivity index (χ4n) is 1.47. The normalized spacial score (nSPS) is 11.8. The summed E-state index contributed by atoms with van der Waals surface area (Å²) in [6.07, 6.45) is 0. The number of benzene rings is 2. The molecule has 2 aromatic carbocycles. The van der Waals surface area contributed by atoms with Crippen LogP contribution in [0.4, 0.5) is 0 Å². The van der Waals surface area contributed by atoms with Crippen molar-refractivity contribution in [3.05, 3.63) is 54.6 Å². The fraction of sp³-hybridized carbons (Fsp3) is 0. The Morgan fingerprint density at radius 3 is 2.56 bits per heavy atom. The van der Waals surface area contributed by atoms with E-state index < -0.39 is 0 Å². The van der Waals surface area contributed by atoms with Crippen LogP contribution >= 0.6 is 11.6 Å². The second kappa shape index (κ2) is 4.82. The number of ether oxygens (including phenoxy) is 1. The average molecular weight is 365 g/mol. The van der Waals surface area contributed by atoms with Gasteiger partial charge in [-0.15, -0.1) is 0 Å². The van der Waals surface area contributed by atoms with Gasteiger partial charge in [-0.05, 0) is 24.3 Å². The first kappa shape index (κ1) is 12.0. The molecular formula is C12H7Cl2IO. The highest BCUT2D eigenvalue weighted by Gasteiger charge is 2.30. The molecular weight excluding hydrogens is 358 g/mol. The van der Waals surface area contributed by atoms with Gasteiger partial charge < -0.3 is 17.1 Å². The van der Waals surface area contributed by atoms with Crippen molar-refractivity contribution in [1.29, 1.82) is 0 Å². The highest BCUT2D eigenvalue weighted by Crippen LogP contribution is 2.26. The monoisotopic (exact) mass is 364 g/mol. The van der Waals surface area contributed by atoms with E-state index >= 15 is 0 Å². The molecule has 0 atom stereocenters. The zero-order valence-corrected chi connectivity index (χ0v) is 11.8. The third kappa shape index (κ3) is 2.14. The molecule has 0 bridgehead atoms. The summed E-state index contributed by atoms with van der Waals surface area (Å²) < 4.78 is 8.44. The van der Waals surface area contributed by atoms with Gasteiger partial charge in [-0.1, -0.05) is 23.7 Å². The Bertz CT molecular complexity index is 528. The zero-order valence-electron chi connectivity index (χ0n) is 8.08. The first-order valence-electron chi connectivity index (χ1n) is 4.54. The summed E-state index contributed by atoms with van der Waals surface area (Å²) in [7, 11) is 0. The van der Waals surface area contributed by atoms with Crippen molar-refractivity contribution in [3.63, 3.8) is 0 Å². The number of fused-ring (bicyclic) bond motifs is 2. The first-order chi connectivity index (χ1) is 7.33. The molecule has 0 saturated heterocycles. The highest BCUT2D eigenvalue weighted by atomic mass is 127. The molecule has 3 rings (SSSR count). The van der Waals surface area contributed by atoms with Gasteiger partial charge in [-0.25, -0.2) is 0 Å². The first-order valence-corrected chi connectivity index (χ1v) is 7.08. The Balaban J connectivity index is 0.000000963. The van der Waals surface area contributed by atoms with Crippen molar-refractivity contribution < 1.29 is 38.3 Å². The Labute approximate surface area is 115 Å². The van der Waals surface area contributed by atoms with Crippen molar-refractivity contribution in [2.45, 2.75) is 0 Å². The lowest BCUT2D eigenvalue weighted by Gasteiger charge is -2.10. The summed E-state index contributed by atoms with van der Waals surface area (Å²) in [5, 5.41) is 0.733. The Hall–Kier alpha value is -0.450. The van der Waals surface area contributed by atoms with Gasteiger partial charge in [0.15, 0.2) is 11.5 Å². The molecule has 0 aromatic heterocycles. The van der Waals surface area contributed by atoms with Crippen LogP contribution < -0.4 is 38.3 Å². The minimum Gasteiger partial charge on any atom is -1.00 e. The van der Waals surface area contributed by atoms with E-state index in [4.69, 9.17) is 16.3 Å². The SMILES string of the molecule is Clc1ccc2c(c1)Oc1ccccc1[I+]2.[Cl-]. The molecule has 0 radical (unpaired) electrons. The fourth-order valence-corrected chi connectivity index (χ4v) is 4.09. The molecule has 16 heavy (non-hydrogen) atoms. The van der Waals surface area contributed by atoms with E-state index in [9.17, 15) is 0 Å². The minimum absolute atomic E-state index is 0. The largest absolute Gasteiger partial charge is 1.00 e. The van der Waals surface area contributed by atoms with E-state index in [2.05, 4.69) is 18.2 Å². The van der Waals surface area contributed by atoms with E-state index in [1.807, 2.05) is 24.3 Å². The lowest BCUT2D eigenvalue weighted by Crippen LogP contribution is -3.61. The molecule has 0 amide bonds. The number of halogens is 3. The maximum atomic E-state index is 5.94. The predicted molar refractivity (Wildman–Crippen MR) is 55.4 cm³/mol. The van der Waals surface area contributed by atoms with Crippen LogP contribution in [0.5, 0.6) is 11.5 Å². The molecule has 4 heteroatoms. The van der Waals surface area contributed by atoms with Crippen molar-refractivity contribution in [3.8, 4) is 11.5 Å². The standard InChI is InChI=1S/C12H7ClIO.ClH/c13-8-5-6-10-12(7-8)15-11-4-2-1-3-9(11)14-10;/h1-7H;1H/q+1;/p-1. The van der Waals surface area contributed by atoms with Crippen LogP contribution in [0, 0.1) is 7.14 Å². The van der Waals surface area contributed by atoms with Crippen LogP contribution in [-0.2, 0) is 0 Å². The minimum atomic E-state index is -0.121. The van der Waals surface area contributed by atoms with Crippen molar-refractivity contribution in [1.82, 2.24) is 0 Å². The summed E-state index contributed by atoms with van der Waals surface area (Å²) >= 11 is 5.81. The molecule has 1 heterocycles. The molecule has 1 aliphatic rings. The maximum Gasteiger partial charge on any atom is 0.366 e. The van der Waals surface area contributed by atoms with Crippen LogP contribution in [0.1, 0.15) is 0 Å². The van der Waals surface area contributed by atoms with Gasteiger partial charge in [0, 0.05) is 11.1 Å². The second-order valence-corrected chi connectivity index (χ2v) is 6.50. The topological polar surface area (TPSA) is 9.23 Å². The number of rotatable bonds is 0. The van der Waals surface area contributed by atoms with Crippen LogP contribution in [0.15, 0.2) is 42.5 Å². The maximum absolute atomic E-state index is 5.94. The molecule has 0 N–H and O–H groups in total. The molecule has 0 fully saturated rings. The summed E-state index contributed by atoms with van der Waals surface area (Å²) in [6.45, 7) is 0. The molecule has 0 unspecified atom stereocenters. The van der Waals surface area contributed by atoms with Crippen LogP contribution in [-0.4, -0.2) is 0 Å². The van der Waals surface area contributed by atoms with Gasteiger partial charge in [0.05, 0.1) is 0 Å². The van der Waals surface area contributed by atoms with Gasteiger partial charge in [0.2, 0.25) is 7.14 Å². The van der Waals surface area contributed by atoms with E-state index in [0.29, 0.717) is 0 Å². The molecule has 0 spiro atoms. The van der Waals surface area contributed by atoms with Gasteiger partial charge >= 0.3 is 21.2 Å². The van der Waals surface area contributed by atoms with Crippen molar-refractivity contribution in [2.75, 3.05) is 0 Å². The van der Waals surface area contributed by atoms with Crippen molar-refractivity contribution in [2.24, 2.45) is 0 Å². The summed E-state index contributed by atoms with van der Waals surface area (Å²) in [5.41, 5.74) is 0. The lowest BCUT2D eigenvalue weighted by molar-refractivity contribution is -0.602. The van der Waals surface area contributed by atoms with E-state index in [1.54, 1.807) is 0 Å². The van der Waals surface area contributed by atoms with Crippen LogP contribution in [0.25, 0.3) is 0 Å². The molecule has 2 aromatic rings. The van der Waals surface area contributed by atoms with E-state index in [1.165, 1.54) is 7.14 Å². The Kier molecular flexibility index (Phi) is 3.62. The molecule has 0 aliphatic carbocycles. The smallest absolute Gasteiger partial charge is 0.366 e. The molecule has 1 nitrogen and oxygen atoms in total. The van der Waals surface area contributed by atoms with Crippen LogP contribution in [0.2, 0.25) is 5.02 Å². The number of para-hydroxylation sites is 1. The number of hydrogen-bond acceptors (Lipinski definition) is 1. The van der Waals surface area contributed by atoms with E-state index in [-0.39, 0.29) is 33.6 Å². The summed E-state index contributed by atoms with van der Waals surface area (Å²) in [6, 6.07) is 14.1. The highest BCUT2D eigenvalue weighted by molar-refractivity contribution is 6.30. The molecule has 82 valence electrons. The van der Waals surface area contributed by atoms with Gasteiger partial charge in [0.1, 0.15) is 0 Å². The van der Waals surface area contributed by atoms with Gasteiger partial charge in [0.25, 0.3) is 0 Å². The Morgan fingerprint density at radius 1 is 0.938 bits per heavy atom. The Morgan fingerprint density at radius 2 is 1.69 bits per heavy atom. The van der Waals surface area contributed by atoms with Crippen molar-refractivity contribution >= 4 is 11.6 Å². The zero-order chi connectivity index (χ0) is 10.3. The summed E-state index contributed by atoms with van der Waals surface area (Å²) in [5.74, 6) is 1.91. The van der Waals surface area contributed by atoms with Crippen LogP contribution in [0.3, 0.4) is 0 Å². The average Bonchev–Trinajstić information content (AvgIpc) is 2.26. The predicted octanol–water partition coefficient (Wildman–Crippen LogP) is -2.42. The third-order valence-electron chi connectivity index (χ3n) is 2.15. The second-order valence-electron chi connectivity index (χ2n) is 3.20. The molecule has 0 saturated carbocycles.